The molecule has 2 N–H and O–H groups in total. The van der Waals surface area contributed by atoms with E-state index in [-0.39, 0.29) is 24.0 Å². The van der Waals surface area contributed by atoms with Crippen LogP contribution in [0.25, 0.3) is 0 Å². The molecule has 29 heavy (non-hydrogen) atoms. The highest BCUT2D eigenvalue weighted by Gasteiger charge is 2.11. The van der Waals surface area contributed by atoms with E-state index in [1.165, 1.54) is 6.26 Å². The topological polar surface area (TPSA) is 92.7 Å². The number of aryl methyl sites for hydroxylation is 1. The number of rotatable bonds is 8. The quantitative estimate of drug-likeness (QED) is 0.309. The standard InChI is InChI=1S/C20H28N4O3S.HI/c1-5-10-27-19-9-7-17(13-22-19)14-24-20(21-3)23-12-16-6-8-18(15(2)11-16)28(4,25)26;/h6-9,11,13H,5,10,12,14H2,1-4H3,(H2,21,23,24);1H. The van der Waals surface area contributed by atoms with Gasteiger partial charge in [-0.1, -0.05) is 25.1 Å². The molecule has 0 aliphatic carbocycles. The van der Waals surface area contributed by atoms with Crippen molar-refractivity contribution in [1.82, 2.24) is 15.6 Å². The Kier molecular flexibility index (Phi) is 10.4. The van der Waals surface area contributed by atoms with Crippen LogP contribution in [0.3, 0.4) is 0 Å². The summed E-state index contributed by atoms with van der Waals surface area (Å²) in [7, 11) is -1.50. The first-order valence-corrected chi connectivity index (χ1v) is 11.0. The van der Waals surface area contributed by atoms with Crippen LogP contribution in [0, 0.1) is 6.92 Å². The lowest BCUT2D eigenvalue weighted by Gasteiger charge is -2.13. The van der Waals surface area contributed by atoms with Crippen molar-refractivity contribution in [1.29, 1.82) is 0 Å². The van der Waals surface area contributed by atoms with E-state index < -0.39 is 9.84 Å². The van der Waals surface area contributed by atoms with Gasteiger partial charge in [0, 0.05) is 38.7 Å². The monoisotopic (exact) mass is 532 g/mol. The molecule has 2 aromatic rings. The first-order chi connectivity index (χ1) is 13.3. The summed E-state index contributed by atoms with van der Waals surface area (Å²) >= 11 is 0. The predicted molar refractivity (Wildman–Crippen MR) is 127 cm³/mol. The molecule has 0 spiro atoms. The molecule has 0 saturated heterocycles. The fourth-order valence-electron chi connectivity index (χ4n) is 2.64. The molecular formula is C20H29IN4O3S. The number of pyridine rings is 1. The number of halogens is 1. The van der Waals surface area contributed by atoms with Gasteiger partial charge in [-0.25, -0.2) is 13.4 Å². The van der Waals surface area contributed by atoms with Crippen LogP contribution in [0.15, 0.2) is 46.4 Å². The number of nitrogens with one attached hydrogen (secondary N) is 2. The summed E-state index contributed by atoms with van der Waals surface area (Å²) < 4.78 is 28.9. The van der Waals surface area contributed by atoms with Gasteiger partial charge in [0.2, 0.25) is 5.88 Å². The molecule has 2 rings (SSSR count). The van der Waals surface area contributed by atoms with Crippen LogP contribution in [-0.4, -0.2) is 39.3 Å². The largest absolute Gasteiger partial charge is 0.478 e. The molecule has 0 amide bonds. The van der Waals surface area contributed by atoms with Crippen molar-refractivity contribution < 1.29 is 13.2 Å². The van der Waals surface area contributed by atoms with Crippen LogP contribution in [0.5, 0.6) is 5.88 Å². The lowest BCUT2D eigenvalue weighted by atomic mass is 10.1. The normalized spacial score (nSPS) is 11.5. The second-order valence-electron chi connectivity index (χ2n) is 6.50. The Morgan fingerprint density at radius 2 is 1.79 bits per heavy atom. The number of hydrogen-bond acceptors (Lipinski definition) is 5. The fraction of sp³-hybridized carbons (Fsp3) is 0.400. The number of sulfone groups is 1. The minimum Gasteiger partial charge on any atom is -0.478 e. The molecule has 9 heteroatoms. The van der Waals surface area contributed by atoms with Gasteiger partial charge in [0.1, 0.15) is 0 Å². The summed E-state index contributed by atoms with van der Waals surface area (Å²) in [6.45, 7) is 5.62. The van der Waals surface area contributed by atoms with E-state index in [2.05, 4.69) is 27.5 Å². The Bertz CT molecular complexity index is 916. The summed E-state index contributed by atoms with van der Waals surface area (Å²) in [5.41, 5.74) is 2.73. The van der Waals surface area contributed by atoms with Crippen molar-refractivity contribution in [2.75, 3.05) is 19.9 Å². The van der Waals surface area contributed by atoms with Crippen molar-refractivity contribution >= 4 is 39.8 Å². The summed E-state index contributed by atoms with van der Waals surface area (Å²) in [5.74, 6) is 1.28. The summed E-state index contributed by atoms with van der Waals surface area (Å²) in [5, 5.41) is 6.46. The van der Waals surface area contributed by atoms with Gasteiger partial charge in [0.25, 0.3) is 0 Å². The highest BCUT2D eigenvalue weighted by Crippen LogP contribution is 2.16. The molecule has 0 aliphatic rings. The molecule has 0 fully saturated rings. The van der Waals surface area contributed by atoms with E-state index in [1.54, 1.807) is 26.2 Å². The summed E-state index contributed by atoms with van der Waals surface area (Å²) in [6, 6.07) is 9.14. The van der Waals surface area contributed by atoms with Crippen LogP contribution in [0.2, 0.25) is 0 Å². The predicted octanol–water partition coefficient (Wildman–Crippen LogP) is 3.07. The summed E-state index contributed by atoms with van der Waals surface area (Å²) in [4.78, 5) is 8.85. The maximum Gasteiger partial charge on any atom is 0.213 e. The fourth-order valence-corrected chi connectivity index (χ4v) is 3.60. The van der Waals surface area contributed by atoms with Crippen LogP contribution in [0.4, 0.5) is 0 Å². The number of aliphatic imine (C=N–C) groups is 1. The van der Waals surface area contributed by atoms with Crippen LogP contribution in [0.1, 0.15) is 30.0 Å². The van der Waals surface area contributed by atoms with Gasteiger partial charge in [0.15, 0.2) is 15.8 Å². The maximum absolute atomic E-state index is 11.7. The molecule has 0 aliphatic heterocycles. The molecular weight excluding hydrogens is 503 g/mol. The average molecular weight is 532 g/mol. The van der Waals surface area contributed by atoms with Gasteiger partial charge in [-0.3, -0.25) is 4.99 Å². The number of guanidine groups is 1. The van der Waals surface area contributed by atoms with Gasteiger partial charge < -0.3 is 15.4 Å². The molecule has 0 radical (unpaired) electrons. The van der Waals surface area contributed by atoms with Crippen molar-refractivity contribution in [3.8, 4) is 5.88 Å². The Hall–Kier alpha value is -1.88. The van der Waals surface area contributed by atoms with Crippen LogP contribution in [-0.2, 0) is 22.9 Å². The molecule has 0 bridgehead atoms. The molecule has 1 heterocycles. The Morgan fingerprint density at radius 3 is 2.31 bits per heavy atom. The lowest BCUT2D eigenvalue weighted by molar-refractivity contribution is 0.305. The lowest BCUT2D eigenvalue weighted by Crippen LogP contribution is -2.36. The first kappa shape index (κ1) is 25.2. The Labute approximate surface area is 190 Å². The number of ether oxygens (including phenoxy) is 1. The van der Waals surface area contributed by atoms with Crippen molar-refractivity contribution in [3.63, 3.8) is 0 Å². The molecule has 0 saturated carbocycles. The SMILES string of the molecule is CCCOc1ccc(CNC(=NC)NCc2ccc(S(C)(=O)=O)c(C)c2)cn1.I. The molecule has 1 aromatic carbocycles. The van der Waals surface area contributed by atoms with E-state index in [0.29, 0.717) is 36.4 Å². The second kappa shape index (κ2) is 12.0. The zero-order valence-corrected chi connectivity index (χ0v) is 20.4. The minimum absolute atomic E-state index is 0. The van der Waals surface area contributed by atoms with Gasteiger partial charge in [-0.15, -0.1) is 24.0 Å². The Balaban J connectivity index is 0.00000420. The zero-order valence-electron chi connectivity index (χ0n) is 17.2. The third-order valence-corrected chi connectivity index (χ3v) is 5.29. The zero-order chi connectivity index (χ0) is 20.6. The number of benzene rings is 1. The number of aromatic nitrogens is 1. The van der Waals surface area contributed by atoms with E-state index in [0.717, 1.165) is 23.1 Å². The van der Waals surface area contributed by atoms with E-state index >= 15 is 0 Å². The molecule has 1 aromatic heterocycles. The van der Waals surface area contributed by atoms with E-state index in [9.17, 15) is 8.42 Å². The highest BCUT2D eigenvalue weighted by atomic mass is 127. The summed E-state index contributed by atoms with van der Waals surface area (Å²) in [6.07, 6.45) is 3.94. The maximum atomic E-state index is 11.7. The van der Waals surface area contributed by atoms with Crippen molar-refractivity contribution in [2.45, 2.75) is 38.3 Å². The van der Waals surface area contributed by atoms with Gasteiger partial charge in [0.05, 0.1) is 11.5 Å². The minimum atomic E-state index is -3.21. The first-order valence-electron chi connectivity index (χ1n) is 9.15. The molecule has 0 unspecified atom stereocenters. The third-order valence-electron chi connectivity index (χ3n) is 4.03. The number of nitrogens with zero attached hydrogens (tertiary/aromatic N) is 2. The van der Waals surface area contributed by atoms with Crippen molar-refractivity contribution in [2.24, 2.45) is 4.99 Å². The van der Waals surface area contributed by atoms with E-state index in [1.807, 2.05) is 24.3 Å². The van der Waals surface area contributed by atoms with Crippen LogP contribution < -0.4 is 15.4 Å². The van der Waals surface area contributed by atoms with E-state index in [4.69, 9.17) is 4.74 Å². The highest BCUT2D eigenvalue weighted by molar-refractivity contribution is 14.0. The van der Waals surface area contributed by atoms with Gasteiger partial charge >= 0.3 is 0 Å². The molecule has 160 valence electrons. The number of hydrogen-bond donors (Lipinski definition) is 2. The smallest absolute Gasteiger partial charge is 0.213 e. The Morgan fingerprint density at radius 1 is 1.14 bits per heavy atom. The third kappa shape index (κ3) is 8.17. The van der Waals surface area contributed by atoms with Gasteiger partial charge in [-0.05, 0) is 36.1 Å². The molecule has 0 atom stereocenters. The van der Waals surface area contributed by atoms with Crippen LogP contribution >= 0.6 is 24.0 Å². The van der Waals surface area contributed by atoms with Crippen molar-refractivity contribution in [3.05, 3.63) is 53.2 Å². The average Bonchev–Trinajstić information content (AvgIpc) is 2.66. The molecule has 7 nitrogen and oxygen atoms in total. The second-order valence-corrected chi connectivity index (χ2v) is 8.49. The van der Waals surface area contributed by atoms with Gasteiger partial charge in [-0.2, -0.15) is 0 Å².